The van der Waals surface area contributed by atoms with Gasteiger partial charge in [0.2, 0.25) is 5.91 Å². The first-order valence-corrected chi connectivity index (χ1v) is 8.46. The minimum Gasteiger partial charge on any atom is -0.478 e. The summed E-state index contributed by atoms with van der Waals surface area (Å²) < 4.78 is 5.21. The number of hydrogen-bond acceptors (Lipinski definition) is 4. The molecule has 0 aromatic carbocycles. The number of hydrogen-bond donors (Lipinski definition) is 3. The molecule has 7 heteroatoms. The van der Waals surface area contributed by atoms with Crippen molar-refractivity contribution < 1.29 is 24.2 Å². The molecule has 0 radical (unpaired) electrons. The zero-order valence-electron chi connectivity index (χ0n) is 12.9. The second-order valence-corrected chi connectivity index (χ2v) is 5.91. The number of carboxylic acid groups (broad SMARTS) is 1. The van der Waals surface area contributed by atoms with Gasteiger partial charge < -0.3 is 20.4 Å². The average Bonchev–Trinajstić information content (AvgIpc) is 2.49. The van der Waals surface area contributed by atoms with Crippen LogP contribution in [0.25, 0.3) is 0 Å². The van der Waals surface area contributed by atoms with Crippen molar-refractivity contribution in [3.05, 3.63) is 23.8 Å². The van der Waals surface area contributed by atoms with Crippen LogP contribution in [0, 0.1) is 0 Å². The van der Waals surface area contributed by atoms with E-state index in [1.165, 1.54) is 18.9 Å². The highest BCUT2D eigenvalue weighted by atomic mass is 28.2. The number of aliphatic carboxylic acids is 1. The number of allylic oxidation sites excluding steroid dienone is 1. The van der Waals surface area contributed by atoms with E-state index in [2.05, 4.69) is 6.58 Å². The third-order valence-electron chi connectivity index (χ3n) is 2.62. The van der Waals surface area contributed by atoms with E-state index in [1.807, 2.05) is 0 Å². The Morgan fingerprint density at radius 1 is 1.43 bits per heavy atom. The summed E-state index contributed by atoms with van der Waals surface area (Å²) in [5.41, 5.74) is 5.50. The molecular formula is C14H27NO5Si. The fourth-order valence-electron chi connectivity index (χ4n) is 1.07. The Bertz CT molecular complexity index is 340. The molecule has 122 valence electrons. The maximum Gasteiger partial charge on any atom is 0.331 e. The maximum absolute atomic E-state index is 10.1. The first-order chi connectivity index (χ1) is 9.86. The summed E-state index contributed by atoms with van der Waals surface area (Å²) in [5.74, 6) is -1.39. The Kier molecular flexibility index (Phi) is 15.6. The zero-order chi connectivity index (χ0) is 16.7. The van der Waals surface area contributed by atoms with Crippen LogP contribution in [-0.2, 0) is 14.0 Å². The van der Waals surface area contributed by atoms with Crippen molar-refractivity contribution in [2.24, 2.45) is 5.73 Å². The van der Waals surface area contributed by atoms with Crippen molar-refractivity contribution in [1.29, 1.82) is 0 Å². The molecule has 6 nitrogen and oxygen atoms in total. The predicted octanol–water partition coefficient (Wildman–Crippen LogP) is 0.746. The van der Waals surface area contributed by atoms with Gasteiger partial charge in [0.25, 0.3) is 0 Å². The summed E-state index contributed by atoms with van der Waals surface area (Å²) in [6.07, 6.45) is 4.58. The van der Waals surface area contributed by atoms with E-state index >= 15 is 0 Å². The third kappa shape index (κ3) is 16.5. The Morgan fingerprint density at radius 2 is 2.05 bits per heavy atom. The summed E-state index contributed by atoms with van der Waals surface area (Å²) in [5, 5.41) is 16.3. The fraction of sp³-hybridized carbons (Fsp3) is 0.571. The molecule has 0 bridgehead atoms. The van der Waals surface area contributed by atoms with Gasteiger partial charge in [0.15, 0.2) is 9.76 Å². The monoisotopic (exact) mass is 317 g/mol. The molecule has 0 spiro atoms. The largest absolute Gasteiger partial charge is 0.478 e. The van der Waals surface area contributed by atoms with Crippen molar-refractivity contribution >= 4 is 21.6 Å². The number of carbonyl (C=O) groups is 2. The van der Waals surface area contributed by atoms with Crippen LogP contribution >= 0.6 is 0 Å². The van der Waals surface area contributed by atoms with Crippen molar-refractivity contribution in [2.45, 2.75) is 39.2 Å². The zero-order valence-corrected chi connectivity index (χ0v) is 14.3. The van der Waals surface area contributed by atoms with Crippen molar-refractivity contribution in [3.63, 3.8) is 0 Å². The highest BCUT2D eigenvalue weighted by Gasteiger charge is 2.00. The van der Waals surface area contributed by atoms with E-state index in [0.29, 0.717) is 5.57 Å². The molecular weight excluding hydrogens is 290 g/mol. The lowest BCUT2D eigenvalue weighted by Gasteiger charge is -2.07. The molecule has 1 rings (SSSR count). The number of aliphatic hydroxyl groups excluding tert-OH is 1. The van der Waals surface area contributed by atoms with E-state index in [1.54, 1.807) is 19.9 Å². The van der Waals surface area contributed by atoms with Crippen molar-refractivity contribution in [3.8, 4) is 0 Å². The van der Waals surface area contributed by atoms with Gasteiger partial charge in [-0.1, -0.05) is 19.1 Å². The molecule has 0 aromatic rings. The van der Waals surface area contributed by atoms with Crippen LogP contribution in [0.4, 0.5) is 0 Å². The van der Waals surface area contributed by atoms with E-state index in [4.69, 9.17) is 20.4 Å². The summed E-state index contributed by atoms with van der Waals surface area (Å²) in [6, 6.07) is 1.42. The van der Waals surface area contributed by atoms with Gasteiger partial charge in [-0.05, 0) is 26.3 Å². The topological polar surface area (TPSA) is 110 Å². The Morgan fingerprint density at radius 3 is 2.14 bits per heavy atom. The van der Waals surface area contributed by atoms with Crippen LogP contribution in [0.1, 0.15) is 33.1 Å². The third-order valence-corrected chi connectivity index (χ3v) is 3.98. The van der Waals surface area contributed by atoms with E-state index in [9.17, 15) is 9.59 Å². The number of amides is 1. The minimum atomic E-state index is -1.04. The van der Waals surface area contributed by atoms with Crippen LogP contribution in [0.5, 0.6) is 0 Å². The second kappa shape index (κ2) is 15.0. The first kappa shape index (κ1) is 21.8. The smallest absolute Gasteiger partial charge is 0.331 e. The van der Waals surface area contributed by atoms with Gasteiger partial charge in [-0.2, -0.15) is 0 Å². The van der Waals surface area contributed by atoms with E-state index in [-0.39, 0.29) is 34.3 Å². The molecule has 0 aromatic heterocycles. The summed E-state index contributed by atoms with van der Waals surface area (Å²) in [4.78, 5) is 20.0. The predicted molar refractivity (Wildman–Crippen MR) is 85.6 cm³/mol. The molecule has 1 saturated heterocycles. The number of primary amides is 1. The molecule has 0 atom stereocenters. The lowest BCUT2D eigenvalue weighted by atomic mass is 10.2. The normalized spacial score (nSPS) is 15.1. The second-order valence-electron chi connectivity index (χ2n) is 4.39. The number of aliphatic hydroxyl groups is 1. The Balaban J connectivity index is 0. The number of carbonyl (C=O) groups excluding carboxylic acids is 1. The number of rotatable bonds is 4. The number of nitrogens with two attached hydrogens (primary N) is 1. The van der Waals surface area contributed by atoms with Crippen LogP contribution in [0.15, 0.2) is 23.8 Å². The van der Waals surface area contributed by atoms with Gasteiger partial charge >= 0.3 is 5.97 Å². The highest BCUT2D eigenvalue weighted by molar-refractivity contribution is 6.27. The quantitative estimate of drug-likeness (QED) is 0.523. The van der Waals surface area contributed by atoms with Gasteiger partial charge in [0.05, 0.1) is 0 Å². The molecule has 4 N–H and O–H groups in total. The maximum atomic E-state index is 10.1. The van der Waals surface area contributed by atoms with Crippen LogP contribution in [0.2, 0.25) is 6.04 Å². The van der Waals surface area contributed by atoms with E-state index in [0.717, 1.165) is 6.61 Å². The SMILES string of the molecule is C/C=C(\C)C(N)=O.C1CC[SiH2]OC1.C=C(CCO)C(=O)O. The fourth-order valence-corrected chi connectivity index (χ4v) is 2.24. The molecule has 0 aliphatic carbocycles. The molecule has 0 unspecified atom stereocenters. The molecule has 1 fully saturated rings. The molecule has 1 aliphatic rings. The first-order valence-electron chi connectivity index (χ1n) is 6.89. The molecule has 21 heavy (non-hydrogen) atoms. The Hall–Kier alpha value is -1.44. The lowest BCUT2D eigenvalue weighted by molar-refractivity contribution is -0.132. The summed E-state index contributed by atoms with van der Waals surface area (Å²) in [7, 11) is 0.00849. The molecule has 1 amide bonds. The van der Waals surface area contributed by atoms with E-state index < -0.39 is 5.97 Å². The lowest BCUT2D eigenvalue weighted by Crippen LogP contribution is -2.10. The highest BCUT2D eigenvalue weighted by Crippen LogP contribution is 2.01. The van der Waals surface area contributed by atoms with Crippen molar-refractivity contribution in [2.75, 3.05) is 13.2 Å². The van der Waals surface area contributed by atoms with Gasteiger partial charge in [-0.15, -0.1) is 0 Å². The molecule has 1 heterocycles. The van der Waals surface area contributed by atoms with Crippen LogP contribution < -0.4 is 5.73 Å². The minimum absolute atomic E-state index is 0.00849. The average molecular weight is 317 g/mol. The van der Waals surface area contributed by atoms with Crippen molar-refractivity contribution in [1.82, 2.24) is 0 Å². The van der Waals surface area contributed by atoms with Crippen LogP contribution in [-0.4, -0.2) is 45.1 Å². The Labute approximate surface area is 128 Å². The van der Waals surface area contributed by atoms with Gasteiger partial charge in [-0.3, -0.25) is 4.79 Å². The van der Waals surface area contributed by atoms with Gasteiger partial charge in [0, 0.05) is 30.8 Å². The van der Waals surface area contributed by atoms with Gasteiger partial charge in [0.1, 0.15) is 0 Å². The number of carboxylic acids is 1. The van der Waals surface area contributed by atoms with Crippen LogP contribution in [0.3, 0.4) is 0 Å². The molecule has 0 saturated carbocycles. The van der Waals surface area contributed by atoms with Gasteiger partial charge in [-0.25, -0.2) is 4.79 Å². The standard InChI is InChI=1S/C5H9NO.C5H8O3.C4H10OSi/c1-3-4(2)5(6)7;1-4(2-3-6)5(7)8;1-2-4-6-5-3-1/h3H,1-2H3,(H2,6,7);6H,1-3H2,(H,7,8);1-4,6H2/b4-3+;;. The molecule has 1 aliphatic heterocycles. The summed E-state index contributed by atoms with van der Waals surface area (Å²) >= 11 is 0. The summed E-state index contributed by atoms with van der Waals surface area (Å²) in [6.45, 7) is 7.56.